The third-order valence-electron chi connectivity index (χ3n) is 2.04. The summed E-state index contributed by atoms with van der Waals surface area (Å²) in [7, 11) is 4.53. The summed E-state index contributed by atoms with van der Waals surface area (Å²) in [6.45, 7) is 0. The van der Waals surface area contributed by atoms with E-state index in [0.29, 0.717) is 22.7 Å². The number of nitrogen functional groups attached to an aromatic ring is 1. The molecular weight excluding hydrogens is 196 g/mol. The number of hydrogen-bond acceptors (Lipinski definition) is 4. The molecule has 1 aromatic carbocycles. The van der Waals surface area contributed by atoms with E-state index < -0.39 is 0 Å². The first-order valence-corrected chi connectivity index (χ1v) is 4.37. The summed E-state index contributed by atoms with van der Waals surface area (Å²) in [5.74, 6) is 0.678. The molecular formula is C10H14N2O3. The molecule has 0 aliphatic carbocycles. The molecule has 0 atom stereocenters. The van der Waals surface area contributed by atoms with E-state index in [1.807, 2.05) is 0 Å². The summed E-state index contributed by atoms with van der Waals surface area (Å²) in [6, 6.07) is 3.19. The molecule has 3 N–H and O–H groups in total. The Bertz CT molecular complexity index is 377. The van der Waals surface area contributed by atoms with Crippen LogP contribution in [0.4, 0.5) is 5.69 Å². The number of anilines is 1. The van der Waals surface area contributed by atoms with Gasteiger partial charge in [-0.25, -0.2) is 0 Å². The number of carbonyl (C=O) groups is 1. The van der Waals surface area contributed by atoms with Crippen LogP contribution in [0.5, 0.6) is 11.5 Å². The first-order valence-electron chi connectivity index (χ1n) is 4.37. The molecule has 0 aliphatic rings. The maximum Gasteiger partial charge on any atom is 0.253 e. The number of hydrogen-bond donors (Lipinski definition) is 2. The van der Waals surface area contributed by atoms with Crippen molar-refractivity contribution in [1.82, 2.24) is 5.32 Å². The summed E-state index contributed by atoms with van der Waals surface area (Å²) in [5, 5.41) is 2.49. The third-order valence-corrected chi connectivity index (χ3v) is 2.04. The van der Waals surface area contributed by atoms with Gasteiger partial charge >= 0.3 is 0 Å². The highest BCUT2D eigenvalue weighted by molar-refractivity contribution is 6.00. The number of nitrogens with two attached hydrogens (primary N) is 1. The lowest BCUT2D eigenvalue weighted by atomic mass is 10.1. The lowest BCUT2D eigenvalue weighted by molar-refractivity contribution is 0.0963. The van der Waals surface area contributed by atoms with Gasteiger partial charge in [-0.1, -0.05) is 0 Å². The molecule has 0 fully saturated rings. The van der Waals surface area contributed by atoms with Gasteiger partial charge in [-0.2, -0.15) is 0 Å². The lowest BCUT2D eigenvalue weighted by Crippen LogP contribution is -2.19. The van der Waals surface area contributed by atoms with Crippen LogP contribution in [0.2, 0.25) is 0 Å². The van der Waals surface area contributed by atoms with Crippen molar-refractivity contribution in [2.45, 2.75) is 0 Å². The Morgan fingerprint density at radius 3 is 2.47 bits per heavy atom. The Kier molecular flexibility index (Phi) is 3.38. The normalized spacial score (nSPS) is 9.53. The maximum absolute atomic E-state index is 11.5. The minimum atomic E-state index is -0.273. The molecule has 0 aromatic heterocycles. The second-order valence-electron chi connectivity index (χ2n) is 2.87. The van der Waals surface area contributed by atoms with Crippen molar-refractivity contribution in [2.75, 3.05) is 27.0 Å². The summed E-state index contributed by atoms with van der Waals surface area (Å²) >= 11 is 0. The highest BCUT2D eigenvalue weighted by atomic mass is 16.5. The second kappa shape index (κ2) is 4.54. The number of carbonyl (C=O) groups excluding carboxylic acids is 1. The fourth-order valence-corrected chi connectivity index (χ4v) is 1.21. The SMILES string of the molecule is CNC(=O)c1cc(OC)cc(OC)c1N. The largest absolute Gasteiger partial charge is 0.497 e. The van der Waals surface area contributed by atoms with Gasteiger partial charge in [0, 0.05) is 13.1 Å². The van der Waals surface area contributed by atoms with Crippen LogP contribution in [0.15, 0.2) is 12.1 Å². The average Bonchev–Trinajstić information content (AvgIpc) is 2.28. The van der Waals surface area contributed by atoms with Gasteiger partial charge in [0.25, 0.3) is 5.91 Å². The molecule has 0 radical (unpaired) electrons. The predicted octanol–water partition coefficient (Wildman–Crippen LogP) is 0.646. The third kappa shape index (κ3) is 2.12. The zero-order chi connectivity index (χ0) is 11.4. The Balaban J connectivity index is 3.30. The zero-order valence-electron chi connectivity index (χ0n) is 8.96. The van der Waals surface area contributed by atoms with Gasteiger partial charge in [-0.3, -0.25) is 4.79 Å². The molecule has 1 aromatic rings. The summed E-state index contributed by atoms with van der Waals surface area (Å²) < 4.78 is 10.1. The van der Waals surface area contributed by atoms with Crippen molar-refractivity contribution in [3.05, 3.63) is 17.7 Å². The van der Waals surface area contributed by atoms with E-state index in [0.717, 1.165) is 0 Å². The minimum Gasteiger partial charge on any atom is -0.497 e. The topological polar surface area (TPSA) is 73.6 Å². The predicted molar refractivity (Wildman–Crippen MR) is 57.3 cm³/mol. The van der Waals surface area contributed by atoms with Gasteiger partial charge in [-0.05, 0) is 6.07 Å². The number of rotatable bonds is 3. The highest BCUT2D eigenvalue weighted by Gasteiger charge is 2.14. The quantitative estimate of drug-likeness (QED) is 0.718. The molecule has 0 heterocycles. The number of ether oxygens (including phenoxy) is 2. The van der Waals surface area contributed by atoms with Gasteiger partial charge in [0.2, 0.25) is 0 Å². The standard InChI is InChI=1S/C10H14N2O3/c1-12-10(13)7-4-6(14-2)5-8(15-3)9(7)11/h4-5H,11H2,1-3H3,(H,12,13). The molecule has 0 aliphatic heterocycles. The number of nitrogens with one attached hydrogen (secondary N) is 1. The second-order valence-corrected chi connectivity index (χ2v) is 2.87. The molecule has 15 heavy (non-hydrogen) atoms. The van der Waals surface area contributed by atoms with Crippen molar-refractivity contribution in [2.24, 2.45) is 0 Å². The monoisotopic (exact) mass is 210 g/mol. The molecule has 82 valence electrons. The summed E-state index contributed by atoms with van der Waals surface area (Å²) in [5.41, 5.74) is 6.40. The van der Waals surface area contributed by atoms with Gasteiger partial charge in [0.15, 0.2) is 0 Å². The first kappa shape index (κ1) is 11.2. The van der Waals surface area contributed by atoms with E-state index >= 15 is 0 Å². The van der Waals surface area contributed by atoms with E-state index in [1.54, 1.807) is 12.1 Å². The molecule has 0 bridgehead atoms. The Morgan fingerprint density at radius 1 is 1.33 bits per heavy atom. The van der Waals surface area contributed by atoms with E-state index in [4.69, 9.17) is 15.2 Å². The van der Waals surface area contributed by atoms with Crippen molar-refractivity contribution >= 4 is 11.6 Å². The molecule has 0 saturated heterocycles. The van der Waals surface area contributed by atoms with Crippen LogP contribution >= 0.6 is 0 Å². The summed E-state index contributed by atoms with van der Waals surface area (Å²) in [6.07, 6.45) is 0. The highest BCUT2D eigenvalue weighted by Crippen LogP contribution is 2.30. The Morgan fingerprint density at radius 2 is 2.00 bits per heavy atom. The van der Waals surface area contributed by atoms with Gasteiger partial charge in [-0.15, -0.1) is 0 Å². The van der Waals surface area contributed by atoms with Crippen LogP contribution in [-0.4, -0.2) is 27.2 Å². The Hall–Kier alpha value is -1.91. The number of amides is 1. The van der Waals surface area contributed by atoms with Crippen molar-refractivity contribution < 1.29 is 14.3 Å². The smallest absolute Gasteiger partial charge is 0.253 e. The number of benzene rings is 1. The maximum atomic E-state index is 11.5. The van der Waals surface area contributed by atoms with Gasteiger partial charge < -0.3 is 20.5 Å². The van der Waals surface area contributed by atoms with E-state index in [9.17, 15) is 4.79 Å². The fourth-order valence-electron chi connectivity index (χ4n) is 1.21. The molecule has 0 spiro atoms. The van der Waals surface area contributed by atoms with Crippen molar-refractivity contribution in [3.63, 3.8) is 0 Å². The van der Waals surface area contributed by atoms with Crippen LogP contribution in [-0.2, 0) is 0 Å². The van der Waals surface area contributed by atoms with Gasteiger partial charge in [0.1, 0.15) is 11.5 Å². The van der Waals surface area contributed by atoms with Crippen LogP contribution in [0, 0.1) is 0 Å². The van der Waals surface area contributed by atoms with Crippen molar-refractivity contribution in [1.29, 1.82) is 0 Å². The van der Waals surface area contributed by atoms with E-state index in [1.165, 1.54) is 21.3 Å². The number of methoxy groups -OCH3 is 2. The molecule has 5 heteroatoms. The minimum absolute atomic E-state index is 0.273. The first-order chi connectivity index (χ1) is 7.13. The summed E-state index contributed by atoms with van der Waals surface area (Å²) in [4.78, 5) is 11.5. The van der Waals surface area contributed by atoms with Crippen LogP contribution in [0.3, 0.4) is 0 Å². The van der Waals surface area contributed by atoms with Crippen LogP contribution in [0.25, 0.3) is 0 Å². The average molecular weight is 210 g/mol. The molecule has 1 rings (SSSR count). The van der Waals surface area contributed by atoms with Crippen LogP contribution in [0.1, 0.15) is 10.4 Å². The van der Waals surface area contributed by atoms with Crippen molar-refractivity contribution in [3.8, 4) is 11.5 Å². The van der Waals surface area contributed by atoms with Gasteiger partial charge in [0.05, 0.1) is 25.5 Å². The molecule has 1 amide bonds. The molecule has 0 unspecified atom stereocenters. The zero-order valence-corrected chi connectivity index (χ0v) is 8.96. The van der Waals surface area contributed by atoms with E-state index in [-0.39, 0.29) is 5.91 Å². The van der Waals surface area contributed by atoms with E-state index in [2.05, 4.69) is 5.32 Å². The van der Waals surface area contributed by atoms with Crippen LogP contribution < -0.4 is 20.5 Å². The fraction of sp³-hybridized carbons (Fsp3) is 0.300. The molecule has 0 saturated carbocycles. The molecule has 5 nitrogen and oxygen atoms in total. The Labute approximate surface area is 88.2 Å². The lowest BCUT2D eigenvalue weighted by Gasteiger charge is -2.11.